The number of benzene rings is 2. The Morgan fingerprint density at radius 3 is 2.92 bits per heavy atom. The summed E-state index contributed by atoms with van der Waals surface area (Å²) in [4.78, 5) is 13.2. The van der Waals surface area contributed by atoms with E-state index in [0.29, 0.717) is 23.1 Å². The first-order valence-electron chi connectivity index (χ1n) is 8.67. The van der Waals surface area contributed by atoms with E-state index in [1.54, 1.807) is 6.26 Å². The van der Waals surface area contributed by atoms with Crippen LogP contribution in [0.4, 0.5) is 0 Å². The minimum atomic E-state index is 0.0101. The molecule has 3 aromatic rings. The van der Waals surface area contributed by atoms with Gasteiger partial charge in [0.1, 0.15) is 17.6 Å². The van der Waals surface area contributed by atoms with Gasteiger partial charge in [0.2, 0.25) is 5.43 Å². The van der Waals surface area contributed by atoms with Crippen molar-refractivity contribution in [1.29, 1.82) is 0 Å². The van der Waals surface area contributed by atoms with Gasteiger partial charge in [-0.25, -0.2) is 0 Å². The average Bonchev–Trinajstić information content (AvgIpc) is 2.64. The fraction of sp³-hybridized carbons (Fsp3) is 0.227. The Morgan fingerprint density at radius 1 is 1.20 bits per heavy atom. The lowest BCUT2D eigenvalue weighted by Gasteiger charge is -2.13. The molecule has 3 nitrogen and oxygen atoms in total. The van der Waals surface area contributed by atoms with Crippen LogP contribution in [0.15, 0.2) is 51.9 Å². The van der Waals surface area contributed by atoms with Crippen molar-refractivity contribution in [1.82, 2.24) is 0 Å². The normalized spacial score (nSPS) is 13.0. The van der Waals surface area contributed by atoms with Crippen LogP contribution < -0.4 is 10.2 Å². The summed E-state index contributed by atoms with van der Waals surface area (Å²) in [5, 5.41) is 0.671. The third-order valence-corrected chi connectivity index (χ3v) is 4.74. The maximum atomic E-state index is 13.2. The standard InChI is InChI=1S/C22H20O3/c1-3-24-20-12-16(9-8-14(20)2)18-13-25-19-11-10-15-6-4-5-7-17(15)21(19)22(18)23/h5,7-13H,3-4,6H2,1-2H3. The monoisotopic (exact) mass is 332 g/mol. The van der Waals surface area contributed by atoms with Crippen LogP contribution in [-0.4, -0.2) is 6.61 Å². The van der Waals surface area contributed by atoms with E-state index < -0.39 is 0 Å². The molecule has 0 fully saturated rings. The van der Waals surface area contributed by atoms with E-state index in [4.69, 9.17) is 9.15 Å². The second kappa shape index (κ2) is 6.25. The number of ether oxygens (including phenoxy) is 1. The van der Waals surface area contributed by atoms with E-state index in [1.807, 2.05) is 44.2 Å². The molecule has 0 spiro atoms. The SMILES string of the molecule is CCOc1cc(-c2coc3ccc4c(c3c2=O)C=CCC4)ccc1C. The Hall–Kier alpha value is -2.81. The lowest BCUT2D eigenvalue weighted by atomic mass is 9.93. The first kappa shape index (κ1) is 15.7. The summed E-state index contributed by atoms with van der Waals surface area (Å²) in [5.74, 6) is 0.800. The van der Waals surface area contributed by atoms with Gasteiger partial charge in [-0.1, -0.05) is 30.4 Å². The fourth-order valence-electron chi connectivity index (χ4n) is 3.41. The predicted octanol–water partition coefficient (Wildman–Crippen LogP) is 5.13. The third kappa shape index (κ3) is 2.66. The van der Waals surface area contributed by atoms with Gasteiger partial charge in [-0.3, -0.25) is 4.79 Å². The summed E-state index contributed by atoms with van der Waals surface area (Å²) in [5.41, 5.74) is 5.29. The minimum absolute atomic E-state index is 0.0101. The molecule has 1 heterocycles. The Bertz CT molecular complexity index is 1040. The largest absolute Gasteiger partial charge is 0.494 e. The van der Waals surface area contributed by atoms with E-state index in [0.717, 1.165) is 35.3 Å². The smallest absolute Gasteiger partial charge is 0.201 e. The topological polar surface area (TPSA) is 39.4 Å². The van der Waals surface area contributed by atoms with Gasteiger partial charge in [-0.05, 0) is 61.1 Å². The molecule has 126 valence electrons. The van der Waals surface area contributed by atoms with Gasteiger partial charge in [0.15, 0.2) is 0 Å². The van der Waals surface area contributed by atoms with Crippen LogP contribution in [0.5, 0.6) is 5.75 Å². The van der Waals surface area contributed by atoms with Crippen LogP contribution in [0.1, 0.15) is 30.0 Å². The highest BCUT2D eigenvalue weighted by Crippen LogP contribution is 2.30. The van der Waals surface area contributed by atoms with Gasteiger partial charge in [-0.15, -0.1) is 0 Å². The highest BCUT2D eigenvalue weighted by Gasteiger charge is 2.16. The van der Waals surface area contributed by atoms with E-state index in [2.05, 4.69) is 12.1 Å². The van der Waals surface area contributed by atoms with Gasteiger partial charge >= 0.3 is 0 Å². The molecule has 0 amide bonds. The average molecular weight is 332 g/mol. The molecule has 1 aliphatic rings. The van der Waals surface area contributed by atoms with Crippen LogP contribution in [0.25, 0.3) is 28.2 Å². The van der Waals surface area contributed by atoms with Gasteiger partial charge in [-0.2, -0.15) is 0 Å². The number of allylic oxidation sites excluding steroid dienone is 1. The zero-order chi connectivity index (χ0) is 17.4. The molecule has 0 aliphatic heterocycles. The van der Waals surface area contributed by atoms with Crippen molar-refractivity contribution in [2.45, 2.75) is 26.7 Å². The van der Waals surface area contributed by atoms with Gasteiger partial charge in [0.05, 0.1) is 17.6 Å². The van der Waals surface area contributed by atoms with E-state index in [9.17, 15) is 4.79 Å². The molecule has 1 aliphatic carbocycles. The molecule has 0 radical (unpaired) electrons. The van der Waals surface area contributed by atoms with Crippen LogP contribution >= 0.6 is 0 Å². The van der Waals surface area contributed by atoms with E-state index in [-0.39, 0.29) is 5.43 Å². The van der Waals surface area contributed by atoms with Crippen molar-refractivity contribution in [2.24, 2.45) is 0 Å². The molecule has 4 rings (SSSR count). The molecule has 25 heavy (non-hydrogen) atoms. The highest BCUT2D eigenvalue weighted by molar-refractivity contribution is 5.91. The predicted molar refractivity (Wildman–Crippen MR) is 101 cm³/mol. The van der Waals surface area contributed by atoms with Crippen LogP contribution in [0.3, 0.4) is 0 Å². The molecule has 3 heteroatoms. The lowest BCUT2D eigenvalue weighted by molar-refractivity contribution is 0.338. The maximum Gasteiger partial charge on any atom is 0.201 e. The fourth-order valence-corrected chi connectivity index (χ4v) is 3.41. The van der Waals surface area contributed by atoms with Gasteiger partial charge < -0.3 is 9.15 Å². The second-order valence-corrected chi connectivity index (χ2v) is 6.34. The van der Waals surface area contributed by atoms with Crippen molar-refractivity contribution < 1.29 is 9.15 Å². The Kier molecular flexibility index (Phi) is 3.92. The maximum absolute atomic E-state index is 13.2. The third-order valence-electron chi connectivity index (χ3n) is 4.74. The first-order chi connectivity index (χ1) is 12.2. The number of aryl methyl sites for hydroxylation is 2. The van der Waals surface area contributed by atoms with Gasteiger partial charge in [0.25, 0.3) is 0 Å². The van der Waals surface area contributed by atoms with Crippen molar-refractivity contribution in [3.63, 3.8) is 0 Å². The molecule has 0 saturated carbocycles. The summed E-state index contributed by atoms with van der Waals surface area (Å²) < 4.78 is 11.5. The molecule has 0 N–H and O–H groups in total. The van der Waals surface area contributed by atoms with Crippen molar-refractivity contribution in [3.05, 3.63) is 69.6 Å². The number of hydrogen-bond acceptors (Lipinski definition) is 3. The van der Waals surface area contributed by atoms with Crippen LogP contribution in [0, 0.1) is 6.92 Å². The van der Waals surface area contributed by atoms with E-state index in [1.165, 1.54) is 5.56 Å². The Labute approximate surface area is 146 Å². The van der Waals surface area contributed by atoms with Crippen molar-refractivity contribution in [2.75, 3.05) is 6.61 Å². The molecule has 0 bridgehead atoms. The van der Waals surface area contributed by atoms with Crippen LogP contribution in [-0.2, 0) is 6.42 Å². The number of hydrogen-bond donors (Lipinski definition) is 0. The summed E-state index contributed by atoms with van der Waals surface area (Å²) in [6.45, 7) is 4.54. The zero-order valence-corrected chi connectivity index (χ0v) is 14.5. The molecule has 0 saturated heterocycles. The molecule has 1 aromatic heterocycles. The zero-order valence-electron chi connectivity index (χ0n) is 14.5. The molecule has 0 atom stereocenters. The first-order valence-corrected chi connectivity index (χ1v) is 8.67. The molecule has 0 unspecified atom stereocenters. The summed E-state index contributed by atoms with van der Waals surface area (Å²) in [7, 11) is 0. The molecular weight excluding hydrogens is 312 g/mol. The van der Waals surface area contributed by atoms with E-state index >= 15 is 0 Å². The quantitative estimate of drug-likeness (QED) is 0.668. The Morgan fingerprint density at radius 2 is 2.08 bits per heavy atom. The summed E-state index contributed by atoms with van der Waals surface area (Å²) in [6.07, 6.45) is 7.70. The molecule has 2 aromatic carbocycles. The van der Waals surface area contributed by atoms with Crippen molar-refractivity contribution in [3.8, 4) is 16.9 Å². The van der Waals surface area contributed by atoms with Gasteiger partial charge in [0, 0.05) is 0 Å². The second-order valence-electron chi connectivity index (χ2n) is 6.34. The van der Waals surface area contributed by atoms with Crippen molar-refractivity contribution >= 4 is 17.0 Å². The minimum Gasteiger partial charge on any atom is -0.494 e. The number of rotatable bonds is 3. The van der Waals surface area contributed by atoms with Crippen LogP contribution in [0.2, 0.25) is 0 Å². The number of fused-ring (bicyclic) bond motifs is 3. The molecular formula is C22H20O3. The summed E-state index contributed by atoms with van der Waals surface area (Å²) in [6, 6.07) is 9.80. The highest BCUT2D eigenvalue weighted by atomic mass is 16.5. The summed E-state index contributed by atoms with van der Waals surface area (Å²) >= 11 is 0. The Balaban J connectivity index is 1.95. The lowest BCUT2D eigenvalue weighted by Crippen LogP contribution is -2.09.